The van der Waals surface area contributed by atoms with Gasteiger partial charge in [-0.15, -0.1) is 0 Å². The monoisotopic (exact) mass is 379 g/mol. The molecule has 0 unspecified atom stereocenters. The van der Waals surface area contributed by atoms with E-state index in [-0.39, 0.29) is 5.91 Å². The van der Waals surface area contributed by atoms with E-state index >= 15 is 0 Å². The van der Waals surface area contributed by atoms with Crippen molar-refractivity contribution in [3.05, 3.63) is 66.5 Å². The van der Waals surface area contributed by atoms with Crippen LogP contribution < -0.4 is 9.64 Å². The van der Waals surface area contributed by atoms with E-state index in [4.69, 9.17) is 4.74 Å². The minimum atomic E-state index is 0.122. The highest BCUT2D eigenvalue weighted by atomic mass is 32.2. The zero-order chi connectivity index (χ0) is 18.6. The molecule has 4 rings (SSSR count). The fraction of sp³-hybridized carbons (Fsp3) is 0.238. The SMILES string of the molecule is COc1ccc(-n2ccnc2SCC(=O)N2CCCc3ccccc32)cc1. The Kier molecular flexibility index (Phi) is 5.16. The lowest BCUT2D eigenvalue weighted by Gasteiger charge is -2.29. The number of fused-ring (bicyclic) bond motifs is 1. The third-order valence-electron chi connectivity index (χ3n) is 4.69. The van der Waals surface area contributed by atoms with Crippen molar-refractivity contribution in [3.63, 3.8) is 0 Å². The first kappa shape index (κ1) is 17.7. The Bertz CT molecular complexity index is 937. The van der Waals surface area contributed by atoms with Crippen LogP contribution >= 0.6 is 11.8 Å². The molecule has 0 saturated carbocycles. The molecule has 0 saturated heterocycles. The molecular formula is C21H21N3O2S. The van der Waals surface area contributed by atoms with Gasteiger partial charge in [-0.1, -0.05) is 30.0 Å². The highest BCUT2D eigenvalue weighted by Crippen LogP contribution is 2.28. The third kappa shape index (κ3) is 3.71. The summed E-state index contributed by atoms with van der Waals surface area (Å²) in [7, 11) is 1.65. The average molecular weight is 379 g/mol. The summed E-state index contributed by atoms with van der Waals surface area (Å²) in [5.74, 6) is 1.30. The number of hydrogen-bond donors (Lipinski definition) is 0. The number of thioether (sulfide) groups is 1. The molecule has 2 heterocycles. The fourth-order valence-electron chi connectivity index (χ4n) is 3.33. The van der Waals surface area contributed by atoms with Crippen molar-refractivity contribution in [2.75, 3.05) is 24.3 Å². The number of ether oxygens (including phenoxy) is 1. The molecule has 2 aromatic carbocycles. The van der Waals surface area contributed by atoms with Crippen molar-refractivity contribution in [1.29, 1.82) is 0 Å². The van der Waals surface area contributed by atoms with Crippen LogP contribution in [-0.4, -0.2) is 34.9 Å². The van der Waals surface area contributed by atoms with Crippen molar-refractivity contribution in [2.45, 2.75) is 18.0 Å². The number of imidazole rings is 1. The maximum absolute atomic E-state index is 12.8. The van der Waals surface area contributed by atoms with Crippen LogP contribution in [0, 0.1) is 0 Å². The number of amides is 1. The Balaban J connectivity index is 1.47. The van der Waals surface area contributed by atoms with E-state index in [0.717, 1.165) is 41.7 Å². The number of carbonyl (C=O) groups is 1. The molecule has 1 aliphatic rings. The fourth-order valence-corrected chi connectivity index (χ4v) is 4.18. The van der Waals surface area contributed by atoms with Gasteiger partial charge in [0.2, 0.25) is 5.91 Å². The average Bonchev–Trinajstić information content (AvgIpc) is 3.20. The highest BCUT2D eigenvalue weighted by Gasteiger charge is 2.22. The lowest BCUT2D eigenvalue weighted by molar-refractivity contribution is -0.116. The summed E-state index contributed by atoms with van der Waals surface area (Å²) < 4.78 is 7.20. The number of rotatable bonds is 5. The quantitative estimate of drug-likeness (QED) is 0.630. The molecule has 6 heteroatoms. The van der Waals surface area contributed by atoms with Crippen LogP contribution in [-0.2, 0) is 11.2 Å². The van der Waals surface area contributed by atoms with E-state index in [2.05, 4.69) is 11.1 Å². The molecule has 0 bridgehead atoms. The number of nitrogens with zero attached hydrogens (tertiary/aromatic N) is 3. The van der Waals surface area contributed by atoms with Gasteiger partial charge in [-0.05, 0) is 48.7 Å². The predicted octanol–water partition coefficient (Wildman–Crippen LogP) is 3.95. The van der Waals surface area contributed by atoms with E-state index in [1.165, 1.54) is 17.3 Å². The number of aromatic nitrogens is 2. The number of aryl methyl sites for hydroxylation is 1. The minimum absolute atomic E-state index is 0.122. The first-order valence-corrected chi connectivity index (χ1v) is 9.93. The Morgan fingerprint density at radius 1 is 1.19 bits per heavy atom. The zero-order valence-corrected chi connectivity index (χ0v) is 16.0. The normalized spacial score (nSPS) is 13.3. The molecule has 0 spiro atoms. The van der Waals surface area contributed by atoms with E-state index in [0.29, 0.717) is 5.75 Å². The summed E-state index contributed by atoms with van der Waals surface area (Å²) in [5.41, 5.74) is 3.29. The Hall–Kier alpha value is -2.73. The summed E-state index contributed by atoms with van der Waals surface area (Å²) in [4.78, 5) is 19.2. The van der Waals surface area contributed by atoms with E-state index in [9.17, 15) is 4.79 Å². The van der Waals surface area contributed by atoms with Gasteiger partial charge in [0.1, 0.15) is 5.75 Å². The first-order chi connectivity index (χ1) is 13.3. The highest BCUT2D eigenvalue weighted by molar-refractivity contribution is 7.99. The molecule has 0 radical (unpaired) electrons. The van der Waals surface area contributed by atoms with Gasteiger partial charge in [-0.2, -0.15) is 0 Å². The maximum atomic E-state index is 12.8. The molecule has 0 atom stereocenters. The molecule has 1 aromatic heterocycles. The number of para-hydroxylation sites is 1. The Labute approximate surface area is 163 Å². The minimum Gasteiger partial charge on any atom is -0.497 e. The van der Waals surface area contributed by atoms with Crippen LogP contribution in [0.15, 0.2) is 66.1 Å². The summed E-state index contributed by atoms with van der Waals surface area (Å²) >= 11 is 1.46. The van der Waals surface area contributed by atoms with Crippen molar-refractivity contribution < 1.29 is 9.53 Å². The smallest absolute Gasteiger partial charge is 0.237 e. The number of methoxy groups -OCH3 is 1. The van der Waals surface area contributed by atoms with Gasteiger partial charge in [0, 0.05) is 30.3 Å². The van der Waals surface area contributed by atoms with Crippen molar-refractivity contribution in [3.8, 4) is 11.4 Å². The molecule has 0 aliphatic carbocycles. The second kappa shape index (κ2) is 7.88. The van der Waals surface area contributed by atoms with Crippen LogP contribution in [0.4, 0.5) is 5.69 Å². The molecular weight excluding hydrogens is 358 g/mol. The molecule has 1 amide bonds. The third-order valence-corrected chi connectivity index (χ3v) is 5.65. The number of benzene rings is 2. The van der Waals surface area contributed by atoms with E-state index in [1.54, 1.807) is 13.3 Å². The molecule has 27 heavy (non-hydrogen) atoms. The predicted molar refractivity (Wildman–Crippen MR) is 108 cm³/mol. The topological polar surface area (TPSA) is 47.4 Å². The molecule has 138 valence electrons. The summed E-state index contributed by atoms with van der Waals surface area (Å²) in [6, 6.07) is 16.0. The van der Waals surface area contributed by atoms with Gasteiger partial charge < -0.3 is 9.64 Å². The van der Waals surface area contributed by atoms with Crippen molar-refractivity contribution >= 4 is 23.4 Å². The summed E-state index contributed by atoms with van der Waals surface area (Å²) in [6.45, 7) is 0.781. The lowest BCUT2D eigenvalue weighted by Crippen LogP contribution is -2.36. The first-order valence-electron chi connectivity index (χ1n) is 8.95. The van der Waals surface area contributed by atoms with Crippen LogP contribution in [0.3, 0.4) is 0 Å². The van der Waals surface area contributed by atoms with Crippen LogP contribution in [0.2, 0.25) is 0 Å². The molecule has 5 nitrogen and oxygen atoms in total. The van der Waals surface area contributed by atoms with Gasteiger partial charge in [0.15, 0.2) is 5.16 Å². The number of hydrogen-bond acceptors (Lipinski definition) is 4. The van der Waals surface area contributed by atoms with Crippen molar-refractivity contribution in [1.82, 2.24) is 9.55 Å². The molecule has 1 aliphatic heterocycles. The Morgan fingerprint density at radius 2 is 2.00 bits per heavy atom. The summed E-state index contributed by atoms with van der Waals surface area (Å²) in [5, 5.41) is 0.804. The number of anilines is 1. The molecule has 0 fully saturated rings. The Morgan fingerprint density at radius 3 is 2.81 bits per heavy atom. The van der Waals surface area contributed by atoms with Crippen LogP contribution in [0.1, 0.15) is 12.0 Å². The van der Waals surface area contributed by atoms with Gasteiger partial charge in [-0.3, -0.25) is 9.36 Å². The molecule has 3 aromatic rings. The van der Waals surface area contributed by atoms with Crippen LogP contribution in [0.5, 0.6) is 5.75 Å². The van der Waals surface area contributed by atoms with Crippen LogP contribution in [0.25, 0.3) is 5.69 Å². The van der Waals surface area contributed by atoms with E-state index < -0.39 is 0 Å². The van der Waals surface area contributed by atoms with E-state index in [1.807, 2.05) is 58.1 Å². The standard InChI is InChI=1S/C21H21N3O2S/c1-26-18-10-8-17(9-11-18)23-14-12-22-21(23)27-15-20(25)24-13-4-6-16-5-2-3-7-19(16)24/h2-3,5,7-12,14H,4,6,13,15H2,1H3. The summed E-state index contributed by atoms with van der Waals surface area (Å²) in [6.07, 6.45) is 5.71. The van der Waals surface area contributed by atoms with Gasteiger partial charge in [-0.25, -0.2) is 4.98 Å². The van der Waals surface area contributed by atoms with Crippen molar-refractivity contribution in [2.24, 2.45) is 0 Å². The van der Waals surface area contributed by atoms with Gasteiger partial charge in [0.25, 0.3) is 0 Å². The van der Waals surface area contributed by atoms with Gasteiger partial charge >= 0.3 is 0 Å². The zero-order valence-electron chi connectivity index (χ0n) is 15.2. The number of carbonyl (C=O) groups excluding carboxylic acids is 1. The lowest BCUT2D eigenvalue weighted by atomic mass is 10.0. The van der Waals surface area contributed by atoms with Gasteiger partial charge in [0.05, 0.1) is 12.9 Å². The second-order valence-electron chi connectivity index (χ2n) is 6.34. The largest absolute Gasteiger partial charge is 0.497 e. The maximum Gasteiger partial charge on any atom is 0.237 e. The second-order valence-corrected chi connectivity index (χ2v) is 7.29. The molecule has 0 N–H and O–H groups in total.